The fourth-order valence-electron chi connectivity index (χ4n) is 2.55. The summed E-state index contributed by atoms with van der Waals surface area (Å²) in [5, 5.41) is 0. The first-order chi connectivity index (χ1) is 9.26. The fraction of sp³-hybridized carbons (Fsp3) is 0.250. The number of halogens is 1. The van der Waals surface area contributed by atoms with Gasteiger partial charge in [0.2, 0.25) is 0 Å². The van der Waals surface area contributed by atoms with Crippen LogP contribution in [-0.2, 0) is 19.4 Å². The van der Waals surface area contributed by atoms with Crippen LogP contribution in [0.4, 0.5) is 0 Å². The number of fused-ring (bicyclic) bond motifs is 1. The van der Waals surface area contributed by atoms with Crippen LogP contribution in [0.15, 0.2) is 40.9 Å². The van der Waals surface area contributed by atoms with Gasteiger partial charge in [-0.15, -0.1) is 0 Å². The van der Waals surface area contributed by atoms with E-state index in [1.54, 1.807) is 0 Å². The zero-order chi connectivity index (χ0) is 13.2. The largest absolute Gasteiger partial charge is 0.457 e. The van der Waals surface area contributed by atoms with Crippen LogP contribution >= 0.6 is 15.9 Å². The molecule has 0 atom stereocenters. The standard InChI is InChI=1S/C16H16BrNO/c17-14-5-7-16(13(8-14)10-18)19-15-6-4-11-2-1-3-12(11)9-15/h4-9H,1-3,10,18H2. The molecule has 1 aliphatic carbocycles. The van der Waals surface area contributed by atoms with Crippen molar-refractivity contribution in [1.82, 2.24) is 0 Å². The molecular weight excluding hydrogens is 302 g/mol. The smallest absolute Gasteiger partial charge is 0.131 e. The van der Waals surface area contributed by atoms with Crippen LogP contribution in [0, 0.1) is 0 Å². The molecular formula is C16H16BrNO. The molecule has 0 aromatic heterocycles. The molecule has 2 N–H and O–H groups in total. The van der Waals surface area contributed by atoms with E-state index in [4.69, 9.17) is 10.5 Å². The van der Waals surface area contributed by atoms with Gasteiger partial charge in [0.15, 0.2) is 0 Å². The van der Waals surface area contributed by atoms with Crippen molar-refractivity contribution in [2.75, 3.05) is 0 Å². The first kappa shape index (κ1) is 12.7. The summed E-state index contributed by atoms with van der Waals surface area (Å²) in [5.74, 6) is 1.74. The van der Waals surface area contributed by atoms with Gasteiger partial charge < -0.3 is 10.5 Å². The molecule has 1 aliphatic rings. The minimum Gasteiger partial charge on any atom is -0.457 e. The number of aryl methyl sites for hydroxylation is 2. The van der Waals surface area contributed by atoms with Crippen LogP contribution in [0.2, 0.25) is 0 Å². The summed E-state index contributed by atoms with van der Waals surface area (Å²) in [5.41, 5.74) is 9.65. The van der Waals surface area contributed by atoms with E-state index in [0.29, 0.717) is 6.54 Å². The molecule has 2 nitrogen and oxygen atoms in total. The maximum Gasteiger partial charge on any atom is 0.131 e. The molecule has 3 heteroatoms. The second kappa shape index (κ2) is 5.35. The van der Waals surface area contributed by atoms with Crippen molar-refractivity contribution in [3.05, 3.63) is 57.6 Å². The lowest BCUT2D eigenvalue weighted by atomic mass is 10.1. The Morgan fingerprint density at radius 2 is 1.89 bits per heavy atom. The number of hydrogen-bond donors (Lipinski definition) is 1. The average Bonchev–Trinajstić information content (AvgIpc) is 2.88. The summed E-state index contributed by atoms with van der Waals surface area (Å²) in [6.07, 6.45) is 3.61. The molecule has 2 aromatic rings. The summed E-state index contributed by atoms with van der Waals surface area (Å²) < 4.78 is 7.00. The summed E-state index contributed by atoms with van der Waals surface area (Å²) in [4.78, 5) is 0. The molecule has 19 heavy (non-hydrogen) atoms. The van der Waals surface area contributed by atoms with Crippen molar-refractivity contribution in [3.63, 3.8) is 0 Å². The molecule has 98 valence electrons. The van der Waals surface area contributed by atoms with E-state index < -0.39 is 0 Å². The van der Waals surface area contributed by atoms with Gasteiger partial charge in [-0.05, 0) is 60.7 Å². The highest BCUT2D eigenvalue weighted by molar-refractivity contribution is 9.10. The zero-order valence-electron chi connectivity index (χ0n) is 10.7. The van der Waals surface area contributed by atoms with Gasteiger partial charge in [0, 0.05) is 16.6 Å². The lowest BCUT2D eigenvalue weighted by Crippen LogP contribution is -1.99. The molecule has 0 bridgehead atoms. The van der Waals surface area contributed by atoms with Crippen LogP contribution in [0.1, 0.15) is 23.1 Å². The van der Waals surface area contributed by atoms with Gasteiger partial charge in [0.1, 0.15) is 11.5 Å². The maximum atomic E-state index is 5.98. The molecule has 2 aromatic carbocycles. The van der Waals surface area contributed by atoms with E-state index in [1.807, 2.05) is 24.3 Å². The summed E-state index contributed by atoms with van der Waals surface area (Å²) in [6, 6.07) is 12.3. The predicted octanol–water partition coefficient (Wildman–Crippen LogP) is 4.19. The Morgan fingerprint density at radius 3 is 2.74 bits per heavy atom. The van der Waals surface area contributed by atoms with Crippen LogP contribution in [-0.4, -0.2) is 0 Å². The molecule has 0 aliphatic heterocycles. The predicted molar refractivity (Wildman–Crippen MR) is 80.6 cm³/mol. The van der Waals surface area contributed by atoms with Crippen molar-refractivity contribution in [2.24, 2.45) is 5.73 Å². The van der Waals surface area contributed by atoms with E-state index in [1.165, 1.54) is 24.0 Å². The van der Waals surface area contributed by atoms with Crippen molar-refractivity contribution in [3.8, 4) is 11.5 Å². The minimum absolute atomic E-state index is 0.472. The van der Waals surface area contributed by atoms with Gasteiger partial charge >= 0.3 is 0 Å². The van der Waals surface area contributed by atoms with E-state index in [9.17, 15) is 0 Å². The normalized spacial score (nSPS) is 13.4. The highest BCUT2D eigenvalue weighted by atomic mass is 79.9. The Kier molecular flexibility index (Phi) is 3.58. The molecule has 0 saturated carbocycles. The van der Waals surface area contributed by atoms with Crippen molar-refractivity contribution in [1.29, 1.82) is 0 Å². The van der Waals surface area contributed by atoms with Crippen LogP contribution in [0.25, 0.3) is 0 Å². The second-order valence-electron chi connectivity index (χ2n) is 4.84. The minimum atomic E-state index is 0.472. The average molecular weight is 318 g/mol. The number of nitrogens with two attached hydrogens (primary N) is 1. The lowest BCUT2D eigenvalue weighted by Gasteiger charge is -2.11. The van der Waals surface area contributed by atoms with Gasteiger partial charge in [0.25, 0.3) is 0 Å². The third kappa shape index (κ3) is 2.67. The molecule has 0 saturated heterocycles. The van der Waals surface area contributed by atoms with E-state index in [2.05, 4.69) is 28.1 Å². The molecule has 0 fully saturated rings. The van der Waals surface area contributed by atoms with Gasteiger partial charge in [-0.1, -0.05) is 22.0 Å². The van der Waals surface area contributed by atoms with Gasteiger partial charge in [-0.2, -0.15) is 0 Å². The first-order valence-electron chi connectivity index (χ1n) is 6.54. The number of benzene rings is 2. The van der Waals surface area contributed by atoms with E-state index >= 15 is 0 Å². The van der Waals surface area contributed by atoms with Crippen molar-refractivity contribution >= 4 is 15.9 Å². The SMILES string of the molecule is NCc1cc(Br)ccc1Oc1ccc2c(c1)CCC2. The molecule has 0 radical (unpaired) electrons. The Bertz CT molecular complexity index is 610. The maximum absolute atomic E-state index is 5.98. The Balaban J connectivity index is 1.89. The topological polar surface area (TPSA) is 35.2 Å². The fourth-order valence-corrected chi connectivity index (χ4v) is 2.95. The zero-order valence-corrected chi connectivity index (χ0v) is 12.2. The Labute approximate surface area is 121 Å². The number of rotatable bonds is 3. The monoisotopic (exact) mass is 317 g/mol. The quantitative estimate of drug-likeness (QED) is 0.921. The Morgan fingerprint density at radius 1 is 1.05 bits per heavy atom. The molecule has 3 rings (SSSR count). The second-order valence-corrected chi connectivity index (χ2v) is 5.76. The van der Waals surface area contributed by atoms with Crippen LogP contribution < -0.4 is 10.5 Å². The lowest BCUT2D eigenvalue weighted by molar-refractivity contribution is 0.475. The molecule has 0 heterocycles. The van der Waals surface area contributed by atoms with E-state index in [0.717, 1.165) is 28.0 Å². The third-order valence-electron chi connectivity index (χ3n) is 3.54. The molecule has 0 unspecified atom stereocenters. The van der Waals surface area contributed by atoms with Crippen LogP contribution in [0.5, 0.6) is 11.5 Å². The van der Waals surface area contributed by atoms with Crippen molar-refractivity contribution in [2.45, 2.75) is 25.8 Å². The summed E-state index contributed by atoms with van der Waals surface area (Å²) in [6.45, 7) is 0.472. The first-order valence-corrected chi connectivity index (χ1v) is 7.34. The summed E-state index contributed by atoms with van der Waals surface area (Å²) >= 11 is 3.45. The highest BCUT2D eigenvalue weighted by Gasteiger charge is 2.12. The Hall–Kier alpha value is -1.32. The van der Waals surface area contributed by atoms with Crippen molar-refractivity contribution < 1.29 is 4.74 Å². The third-order valence-corrected chi connectivity index (χ3v) is 4.03. The van der Waals surface area contributed by atoms with Gasteiger partial charge in [-0.25, -0.2) is 0 Å². The number of hydrogen-bond acceptors (Lipinski definition) is 2. The number of ether oxygens (including phenoxy) is 1. The molecule has 0 spiro atoms. The van der Waals surface area contributed by atoms with Crippen LogP contribution in [0.3, 0.4) is 0 Å². The summed E-state index contributed by atoms with van der Waals surface area (Å²) in [7, 11) is 0. The van der Waals surface area contributed by atoms with E-state index in [-0.39, 0.29) is 0 Å². The molecule has 0 amide bonds. The highest BCUT2D eigenvalue weighted by Crippen LogP contribution is 2.31. The van der Waals surface area contributed by atoms with Gasteiger partial charge in [-0.3, -0.25) is 0 Å². The van der Waals surface area contributed by atoms with Gasteiger partial charge in [0.05, 0.1) is 0 Å².